The van der Waals surface area contributed by atoms with Gasteiger partial charge in [0.05, 0.1) is 0 Å². The molecule has 0 aliphatic carbocycles. The van der Waals surface area contributed by atoms with E-state index in [-0.39, 0.29) is 23.9 Å². The highest BCUT2D eigenvalue weighted by Gasteiger charge is 2.31. The van der Waals surface area contributed by atoms with Gasteiger partial charge in [-0.15, -0.1) is 11.6 Å². The maximum atomic E-state index is 12.7. The van der Waals surface area contributed by atoms with E-state index in [1.807, 2.05) is 19.3 Å². The molecule has 1 amide bonds. The van der Waals surface area contributed by atoms with Crippen molar-refractivity contribution in [2.45, 2.75) is 32.4 Å². The van der Waals surface area contributed by atoms with Crippen LogP contribution in [0.15, 0.2) is 24.4 Å². The van der Waals surface area contributed by atoms with Gasteiger partial charge in [0.15, 0.2) is 0 Å². The van der Waals surface area contributed by atoms with Gasteiger partial charge in [-0.2, -0.15) is 0 Å². The third kappa shape index (κ3) is 2.45. The Morgan fingerprint density at radius 2 is 2.18 bits per heavy atom. The van der Waals surface area contributed by atoms with Gasteiger partial charge in [-0.1, -0.05) is 19.9 Å². The summed E-state index contributed by atoms with van der Waals surface area (Å²) in [6.07, 6.45) is 2.77. The smallest absolute Gasteiger partial charge is 0.243 e. The molecule has 0 unspecified atom stereocenters. The number of anilines is 1. The van der Waals surface area contributed by atoms with E-state index in [1.165, 1.54) is 10.9 Å². The first-order chi connectivity index (χ1) is 10.5. The van der Waals surface area contributed by atoms with Crippen molar-refractivity contribution in [1.29, 1.82) is 0 Å². The van der Waals surface area contributed by atoms with Crippen LogP contribution in [0.1, 0.15) is 19.4 Å². The van der Waals surface area contributed by atoms with Gasteiger partial charge in [0.1, 0.15) is 6.04 Å². The number of halogens is 1. The third-order valence-electron chi connectivity index (χ3n) is 4.46. The van der Waals surface area contributed by atoms with Gasteiger partial charge < -0.3 is 15.2 Å². The lowest BCUT2D eigenvalue weighted by Crippen LogP contribution is -2.51. The Bertz CT molecular complexity index is 694. The SMILES string of the molecule is CC(C)[C@H]1C(=O)N[C@H](CCl)Cc2c[nH]c3cccc(c23)N1C. The number of likely N-dealkylation sites (N-methyl/N-ethyl adjacent to an activating group) is 1. The van der Waals surface area contributed by atoms with Gasteiger partial charge in [-0.3, -0.25) is 4.79 Å². The Kier molecular flexibility index (Phi) is 4.04. The van der Waals surface area contributed by atoms with Crippen LogP contribution in [0.3, 0.4) is 0 Å². The molecule has 4 nitrogen and oxygen atoms in total. The van der Waals surface area contributed by atoms with E-state index in [1.54, 1.807) is 0 Å². The summed E-state index contributed by atoms with van der Waals surface area (Å²) in [6, 6.07) is 5.93. The number of carbonyl (C=O) groups excluding carboxylic acids is 1. The van der Waals surface area contributed by atoms with Crippen molar-refractivity contribution in [3.05, 3.63) is 30.0 Å². The van der Waals surface area contributed by atoms with E-state index in [0.29, 0.717) is 5.88 Å². The largest absolute Gasteiger partial charge is 0.362 e. The number of alkyl halides is 1. The highest BCUT2D eigenvalue weighted by atomic mass is 35.5. The summed E-state index contributed by atoms with van der Waals surface area (Å²) in [6.45, 7) is 4.15. The van der Waals surface area contributed by atoms with E-state index in [0.717, 1.165) is 17.6 Å². The van der Waals surface area contributed by atoms with Gasteiger partial charge >= 0.3 is 0 Å². The molecule has 0 radical (unpaired) electrons. The van der Waals surface area contributed by atoms with Gasteiger partial charge in [-0.25, -0.2) is 0 Å². The molecule has 1 aliphatic heterocycles. The van der Waals surface area contributed by atoms with Crippen LogP contribution in [-0.4, -0.2) is 35.9 Å². The molecule has 2 N–H and O–H groups in total. The zero-order valence-corrected chi connectivity index (χ0v) is 13.9. The van der Waals surface area contributed by atoms with Gasteiger partial charge in [0.2, 0.25) is 5.91 Å². The minimum atomic E-state index is -0.211. The maximum absolute atomic E-state index is 12.7. The number of H-pyrrole nitrogens is 1. The molecule has 0 bridgehead atoms. The monoisotopic (exact) mass is 319 g/mol. The molecule has 0 saturated heterocycles. The number of rotatable bonds is 2. The molecule has 0 fully saturated rings. The molecule has 118 valence electrons. The first-order valence-electron chi connectivity index (χ1n) is 7.71. The average molecular weight is 320 g/mol. The van der Waals surface area contributed by atoms with Crippen molar-refractivity contribution in [3.8, 4) is 0 Å². The zero-order chi connectivity index (χ0) is 15.9. The molecule has 0 saturated carbocycles. The topological polar surface area (TPSA) is 48.1 Å². The number of aromatic nitrogens is 1. The predicted molar refractivity (Wildman–Crippen MR) is 91.7 cm³/mol. The van der Waals surface area contributed by atoms with Gasteiger partial charge in [0.25, 0.3) is 0 Å². The number of nitrogens with one attached hydrogen (secondary N) is 2. The molecule has 1 aromatic carbocycles. The molecular weight excluding hydrogens is 298 g/mol. The maximum Gasteiger partial charge on any atom is 0.243 e. The fourth-order valence-electron chi connectivity index (χ4n) is 3.46. The molecule has 0 spiro atoms. The second-order valence-electron chi connectivity index (χ2n) is 6.38. The fraction of sp³-hybridized carbons (Fsp3) is 0.471. The lowest BCUT2D eigenvalue weighted by atomic mass is 10.0. The Morgan fingerprint density at radius 3 is 2.86 bits per heavy atom. The minimum absolute atomic E-state index is 0.0472. The van der Waals surface area contributed by atoms with Crippen LogP contribution in [0.4, 0.5) is 5.69 Å². The third-order valence-corrected chi connectivity index (χ3v) is 4.83. The van der Waals surface area contributed by atoms with Crippen molar-refractivity contribution in [3.63, 3.8) is 0 Å². The number of aromatic amines is 1. The summed E-state index contributed by atoms with van der Waals surface area (Å²) in [5.74, 6) is 0.667. The van der Waals surface area contributed by atoms with Crippen LogP contribution in [0, 0.1) is 5.92 Å². The van der Waals surface area contributed by atoms with Gasteiger partial charge in [0, 0.05) is 41.8 Å². The molecule has 5 heteroatoms. The molecule has 1 aliphatic rings. The molecule has 2 heterocycles. The predicted octanol–water partition coefficient (Wildman–Crippen LogP) is 2.91. The quantitative estimate of drug-likeness (QED) is 0.836. The number of amides is 1. The Labute approximate surface area is 135 Å². The summed E-state index contributed by atoms with van der Waals surface area (Å²) >= 11 is 6.08. The van der Waals surface area contributed by atoms with E-state index >= 15 is 0 Å². The first-order valence-corrected chi connectivity index (χ1v) is 8.24. The van der Waals surface area contributed by atoms with Crippen molar-refractivity contribution in [1.82, 2.24) is 10.3 Å². The molecule has 2 atom stereocenters. The summed E-state index contributed by atoms with van der Waals surface area (Å²) in [4.78, 5) is 18.1. The molecule has 2 aromatic rings. The van der Waals surface area contributed by atoms with Crippen molar-refractivity contribution < 1.29 is 4.79 Å². The van der Waals surface area contributed by atoms with Crippen LogP contribution in [-0.2, 0) is 11.2 Å². The summed E-state index contributed by atoms with van der Waals surface area (Å²) in [5, 5.41) is 4.31. The van der Waals surface area contributed by atoms with Crippen molar-refractivity contribution in [2.75, 3.05) is 17.8 Å². The number of hydrogen-bond acceptors (Lipinski definition) is 2. The fourth-order valence-corrected chi connectivity index (χ4v) is 3.65. The van der Waals surface area contributed by atoms with E-state index < -0.39 is 0 Å². The van der Waals surface area contributed by atoms with Gasteiger partial charge in [-0.05, 0) is 30.0 Å². The number of benzene rings is 1. The summed E-state index contributed by atoms with van der Waals surface area (Å²) in [7, 11) is 2.00. The Hall–Kier alpha value is -1.68. The second-order valence-corrected chi connectivity index (χ2v) is 6.69. The molecular formula is C17H22ClN3O. The normalized spacial score (nSPS) is 22.4. The highest BCUT2D eigenvalue weighted by Crippen LogP contribution is 2.33. The van der Waals surface area contributed by atoms with Crippen LogP contribution >= 0.6 is 11.6 Å². The van der Waals surface area contributed by atoms with E-state index in [2.05, 4.69) is 41.2 Å². The Morgan fingerprint density at radius 1 is 1.41 bits per heavy atom. The van der Waals surface area contributed by atoms with Crippen LogP contribution in [0.25, 0.3) is 10.9 Å². The van der Waals surface area contributed by atoms with Crippen LogP contribution in [0.5, 0.6) is 0 Å². The second kappa shape index (κ2) is 5.84. The summed E-state index contributed by atoms with van der Waals surface area (Å²) < 4.78 is 0. The minimum Gasteiger partial charge on any atom is -0.362 e. The molecule has 1 aromatic heterocycles. The molecule has 3 rings (SSSR count). The standard InChI is InChI=1S/C17H22ClN3O/c1-10(2)16-17(22)20-12(8-18)7-11-9-19-13-5-4-6-14(15(11)13)21(16)3/h4-6,9-10,12,16,19H,7-8H2,1-3H3,(H,20,22)/t12-,16-/m0/s1. The molecule has 22 heavy (non-hydrogen) atoms. The lowest BCUT2D eigenvalue weighted by molar-refractivity contribution is -0.123. The average Bonchev–Trinajstić information content (AvgIpc) is 2.89. The number of nitrogens with zero attached hydrogens (tertiary/aromatic N) is 1. The van der Waals surface area contributed by atoms with Crippen LogP contribution in [0.2, 0.25) is 0 Å². The Balaban J connectivity index is 2.20. The highest BCUT2D eigenvalue weighted by molar-refractivity contribution is 6.18. The van der Waals surface area contributed by atoms with E-state index in [4.69, 9.17) is 11.6 Å². The zero-order valence-electron chi connectivity index (χ0n) is 13.2. The number of carbonyl (C=O) groups is 1. The van der Waals surface area contributed by atoms with Crippen LogP contribution < -0.4 is 10.2 Å². The number of hydrogen-bond donors (Lipinski definition) is 2. The van der Waals surface area contributed by atoms with E-state index in [9.17, 15) is 4.79 Å². The summed E-state index contributed by atoms with van der Waals surface area (Å²) in [5.41, 5.74) is 3.40. The van der Waals surface area contributed by atoms with Crippen molar-refractivity contribution >= 4 is 34.1 Å². The van der Waals surface area contributed by atoms with Crippen molar-refractivity contribution in [2.24, 2.45) is 5.92 Å². The lowest BCUT2D eigenvalue weighted by Gasteiger charge is -2.32. The first kappa shape index (κ1) is 15.2.